The van der Waals surface area contributed by atoms with Gasteiger partial charge in [-0.2, -0.15) is 0 Å². The Morgan fingerprint density at radius 2 is 1.94 bits per heavy atom. The Kier molecular flexibility index (Phi) is 4.17. The number of aryl methyl sites for hydroxylation is 2. The highest BCUT2D eigenvalue weighted by molar-refractivity contribution is 5.34. The fourth-order valence-electron chi connectivity index (χ4n) is 2.33. The van der Waals surface area contributed by atoms with E-state index < -0.39 is 0 Å². The van der Waals surface area contributed by atoms with Gasteiger partial charge in [0.1, 0.15) is 0 Å². The van der Waals surface area contributed by atoms with E-state index in [4.69, 9.17) is 0 Å². The van der Waals surface area contributed by atoms with E-state index in [2.05, 4.69) is 35.7 Å². The summed E-state index contributed by atoms with van der Waals surface area (Å²) in [5, 5.41) is 3.12. The molecule has 1 aliphatic carbocycles. The monoisotopic (exact) mass is 215 g/mol. The van der Waals surface area contributed by atoms with Crippen molar-refractivity contribution in [3.63, 3.8) is 0 Å². The molecule has 0 aromatic heterocycles. The van der Waals surface area contributed by atoms with Crippen molar-refractivity contribution in [2.45, 2.75) is 32.1 Å². The van der Waals surface area contributed by atoms with Crippen molar-refractivity contribution < 1.29 is 0 Å². The van der Waals surface area contributed by atoms with Gasteiger partial charge in [-0.3, -0.25) is 0 Å². The van der Waals surface area contributed by atoms with E-state index in [-0.39, 0.29) is 0 Å². The Morgan fingerprint density at radius 3 is 2.75 bits per heavy atom. The Labute approximate surface area is 98.6 Å². The second-order valence-corrected chi connectivity index (χ2v) is 4.54. The summed E-state index contributed by atoms with van der Waals surface area (Å²) in [6.07, 6.45) is 10.8. The smallest absolute Gasteiger partial charge is 0.0131 e. The van der Waals surface area contributed by atoms with Gasteiger partial charge in [-0.05, 0) is 55.8 Å². The van der Waals surface area contributed by atoms with Gasteiger partial charge < -0.3 is 5.32 Å². The number of hydrogen-bond acceptors (Lipinski definition) is 1. The van der Waals surface area contributed by atoms with Gasteiger partial charge in [0.15, 0.2) is 0 Å². The highest BCUT2D eigenvalue weighted by atomic mass is 14.8. The first-order valence-corrected chi connectivity index (χ1v) is 6.30. The van der Waals surface area contributed by atoms with Gasteiger partial charge in [-0.25, -0.2) is 0 Å². The van der Waals surface area contributed by atoms with Crippen molar-refractivity contribution in [1.82, 2.24) is 5.32 Å². The molecule has 86 valence electrons. The summed E-state index contributed by atoms with van der Waals surface area (Å²) in [6, 6.07) is 7.02. The average Bonchev–Trinajstić information content (AvgIpc) is 2.34. The summed E-state index contributed by atoms with van der Waals surface area (Å²) < 4.78 is 0. The third-order valence-electron chi connectivity index (χ3n) is 3.26. The zero-order valence-electron chi connectivity index (χ0n) is 10.1. The molecule has 0 fully saturated rings. The molecule has 0 aliphatic heterocycles. The van der Waals surface area contributed by atoms with E-state index >= 15 is 0 Å². The normalized spacial score (nSPS) is 15.3. The second-order valence-electron chi connectivity index (χ2n) is 4.54. The summed E-state index contributed by atoms with van der Waals surface area (Å²) >= 11 is 0. The van der Waals surface area contributed by atoms with Gasteiger partial charge in [0.05, 0.1) is 0 Å². The predicted octanol–water partition coefficient (Wildman–Crippen LogP) is 2.88. The van der Waals surface area contributed by atoms with Crippen LogP contribution in [-0.2, 0) is 19.3 Å². The molecule has 0 amide bonds. The number of likely N-dealkylation sites (N-methyl/N-ethyl adjacent to an activating group) is 1. The molecular formula is C15H21N. The molecule has 1 N–H and O–H groups in total. The molecule has 0 saturated carbocycles. The Balaban J connectivity index is 2.00. The molecule has 0 radical (unpaired) electrons. The molecule has 0 unspecified atom stereocenters. The van der Waals surface area contributed by atoms with Crippen LogP contribution in [0.5, 0.6) is 0 Å². The van der Waals surface area contributed by atoms with Crippen LogP contribution in [0.1, 0.15) is 29.5 Å². The van der Waals surface area contributed by atoms with Crippen LogP contribution in [0.15, 0.2) is 30.4 Å². The van der Waals surface area contributed by atoms with Crippen LogP contribution < -0.4 is 5.32 Å². The Hall–Kier alpha value is -1.08. The number of benzene rings is 1. The molecule has 1 heteroatoms. The number of allylic oxidation sites excluding steroid dienone is 1. The number of nitrogens with one attached hydrogen (secondary N) is 1. The Bertz CT molecular complexity index is 366. The first kappa shape index (κ1) is 11.4. The van der Waals surface area contributed by atoms with Gasteiger partial charge in [0.2, 0.25) is 0 Å². The van der Waals surface area contributed by atoms with E-state index in [0.29, 0.717) is 0 Å². The van der Waals surface area contributed by atoms with Crippen LogP contribution in [0.25, 0.3) is 0 Å². The Morgan fingerprint density at radius 1 is 1.12 bits per heavy atom. The fourth-order valence-corrected chi connectivity index (χ4v) is 2.33. The summed E-state index contributed by atoms with van der Waals surface area (Å²) in [5.74, 6) is 0. The van der Waals surface area contributed by atoms with Crippen molar-refractivity contribution in [1.29, 1.82) is 0 Å². The van der Waals surface area contributed by atoms with Crippen molar-refractivity contribution in [2.75, 3.05) is 13.6 Å². The molecule has 1 aromatic carbocycles. The maximum Gasteiger partial charge on any atom is 0.0131 e. The van der Waals surface area contributed by atoms with Crippen LogP contribution in [0.3, 0.4) is 0 Å². The standard InChI is InChI=1S/C15H21N/c1-16-11-5-4-6-13-9-10-14-7-2-3-8-15(14)12-13/h4-5,9-10,12,16H,2-3,6-8,11H2,1H3/b5-4+. The molecule has 0 atom stereocenters. The SMILES string of the molecule is CNC/C=C/Cc1ccc2c(c1)CCCC2. The number of hydrogen-bond donors (Lipinski definition) is 1. The maximum atomic E-state index is 3.12. The third kappa shape index (κ3) is 2.96. The first-order valence-electron chi connectivity index (χ1n) is 6.30. The molecule has 0 heterocycles. The molecular weight excluding hydrogens is 194 g/mol. The number of fused-ring (bicyclic) bond motifs is 1. The zero-order valence-corrected chi connectivity index (χ0v) is 10.1. The maximum absolute atomic E-state index is 3.12. The largest absolute Gasteiger partial charge is 0.316 e. The van der Waals surface area contributed by atoms with Crippen LogP contribution in [0, 0.1) is 0 Å². The van der Waals surface area contributed by atoms with Crippen molar-refractivity contribution in [3.8, 4) is 0 Å². The van der Waals surface area contributed by atoms with E-state index in [1.165, 1.54) is 31.2 Å². The molecule has 1 nitrogen and oxygen atoms in total. The van der Waals surface area contributed by atoms with Crippen LogP contribution in [0.4, 0.5) is 0 Å². The zero-order chi connectivity index (χ0) is 11.2. The van der Waals surface area contributed by atoms with Gasteiger partial charge in [0.25, 0.3) is 0 Å². The fraction of sp³-hybridized carbons (Fsp3) is 0.467. The lowest BCUT2D eigenvalue weighted by atomic mass is 9.90. The van der Waals surface area contributed by atoms with Crippen LogP contribution in [0.2, 0.25) is 0 Å². The van der Waals surface area contributed by atoms with E-state index in [1.807, 2.05) is 7.05 Å². The molecule has 0 spiro atoms. The minimum absolute atomic E-state index is 0.963. The van der Waals surface area contributed by atoms with E-state index in [9.17, 15) is 0 Å². The molecule has 0 saturated heterocycles. The lowest BCUT2D eigenvalue weighted by molar-refractivity contribution is 0.684. The number of rotatable bonds is 4. The van der Waals surface area contributed by atoms with Gasteiger partial charge in [-0.15, -0.1) is 0 Å². The van der Waals surface area contributed by atoms with Crippen molar-refractivity contribution in [2.24, 2.45) is 0 Å². The quantitative estimate of drug-likeness (QED) is 0.762. The second kappa shape index (κ2) is 5.86. The van der Waals surface area contributed by atoms with E-state index in [1.54, 1.807) is 11.1 Å². The average molecular weight is 215 g/mol. The van der Waals surface area contributed by atoms with Crippen LogP contribution >= 0.6 is 0 Å². The molecule has 2 rings (SSSR count). The van der Waals surface area contributed by atoms with Gasteiger partial charge in [0, 0.05) is 6.54 Å². The van der Waals surface area contributed by atoms with Crippen LogP contribution in [-0.4, -0.2) is 13.6 Å². The molecule has 1 aromatic rings. The molecule has 0 bridgehead atoms. The first-order chi connectivity index (χ1) is 7.90. The van der Waals surface area contributed by atoms with E-state index in [0.717, 1.165) is 13.0 Å². The summed E-state index contributed by atoms with van der Waals surface area (Å²) in [6.45, 7) is 0.963. The van der Waals surface area contributed by atoms with Crippen molar-refractivity contribution in [3.05, 3.63) is 47.0 Å². The van der Waals surface area contributed by atoms with Crippen molar-refractivity contribution >= 4 is 0 Å². The summed E-state index contributed by atoms with van der Waals surface area (Å²) in [4.78, 5) is 0. The lowest BCUT2D eigenvalue weighted by Crippen LogP contribution is -2.04. The molecule has 16 heavy (non-hydrogen) atoms. The summed E-state index contributed by atoms with van der Waals surface area (Å²) in [5.41, 5.74) is 4.62. The topological polar surface area (TPSA) is 12.0 Å². The summed E-state index contributed by atoms with van der Waals surface area (Å²) in [7, 11) is 1.98. The third-order valence-corrected chi connectivity index (χ3v) is 3.26. The minimum atomic E-state index is 0.963. The predicted molar refractivity (Wildman–Crippen MR) is 69.9 cm³/mol. The molecule has 1 aliphatic rings. The lowest BCUT2D eigenvalue weighted by Gasteiger charge is -2.16. The highest BCUT2D eigenvalue weighted by Crippen LogP contribution is 2.22. The minimum Gasteiger partial charge on any atom is -0.316 e. The van der Waals surface area contributed by atoms with Gasteiger partial charge in [-0.1, -0.05) is 30.4 Å². The highest BCUT2D eigenvalue weighted by Gasteiger charge is 2.08. The van der Waals surface area contributed by atoms with Gasteiger partial charge >= 0.3 is 0 Å².